The number of hydrogen-bond donors (Lipinski definition) is 0. The minimum Gasteiger partial charge on any atom is -0.467 e. The summed E-state index contributed by atoms with van der Waals surface area (Å²) in [7, 11) is 1.34. The van der Waals surface area contributed by atoms with Gasteiger partial charge in [-0.15, -0.1) is 0 Å². The summed E-state index contributed by atoms with van der Waals surface area (Å²) in [5.41, 5.74) is 1.21. The number of benzene rings is 1. The van der Waals surface area contributed by atoms with Crippen molar-refractivity contribution in [3.05, 3.63) is 35.9 Å². The third-order valence-electron chi connectivity index (χ3n) is 4.37. The Bertz CT molecular complexity index is 559. The van der Waals surface area contributed by atoms with Crippen molar-refractivity contribution >= 4 is 11.9 Å². The van der Waals surface area contributed by atoms with Crippen molar-refractivity contribution < 1.29 is 19.1 Å². The normalized spacial score (nSPS) is 30.7. The molecule has 1 aromatic rings. The Balaban J connectivity index is 1.64. The lowest BCUT2D eigenvalue weighted by Crippen LogP contribution is -2.52. The van der Waals surface area contributed by atoms with Crippen molar-refractivity contribution in [2.24, 2.45) is 5.92 Å². The number of amides is 1. The molecule has 22 heavy (non-hydrogen) atoms. The first-order valence-corrected chi connectivity index (χ1v) is 7.67. The number of carbonyl (C=O) groups is 2. The maximum Gasteiger partial charge on any atom is 0.336 e. The van der Waals surface area contributed by atoms with Gasteiger partial charge >= 0.3 is 5.97 Å². The van der Waals surface area contributed by atoms with E-state index in [1.807, 2.05) is 25.1 Å². The number of esters is 1. The topological polar surface area (TPSA) is 55.8 Å². The lowest BCUT2D eigenvalue weighted by molar-refractivity contribution is -0.169. The zero-order valence-electron chi connectivity index (χ0n) is 12.9. The maximum atomic E-state index is 12.7. The summed E-state index contributed by atoms with van der Waals surface area (Å²) in [5.74, 6) is 0.0482. The van der Waals surface area contributed by atoms with Crippen LogP contribution in [0.2, 0.25) is 0 Å². The first kappa shape index (κ1) is 15.0. The van der Waals surface area contributed by atoms with Gasteiger partial charge in [0.25, 0.3) is 0 Å². The van der Waals surface area contributed by atoms with Gasteiger partial charge in [-0.3, -0.25) is 4.79 Å². The van der Waals surface area contributed by atoms with E-state index in [4.69, 9.17) is 9.47 Å². The van der Waals surface area contributed by atoms with E-state index in [1.54, 1.807) is 4.90 Å². The van der Waals surface area contributed by atoms with Crippen LogP contribution in [0.3, 0.4) is 0 Å². The Hall–Kier alpha value is -1.88. The molecule has 1 aliphatic carbocycles. The van der Waals surface area contributed by atoms with Crippen molar-refractivity contribution in [3.63, 3.8) is 0 Å². The van der Waals surface area contributed by atoms with E-state index in [2.05, 4.69) is 12.1 Å². The molecule has 0 aromatic heterocycles. The number of methoxy groups -OCH3 is 1. The predicted molar refractivity (Wildman–Crippen MR) is 80.2 cm³/mol. The molecule has 1 heterocycles. The second kappa shape index (κ2) is 6.08. The zero-order chi connectivity index (χ0) is 15.7. The van der Waals surface area contributed by atoms with Gasteiger partial charge in [-0.25, -0.2) is 4.79 Å². The van der Waals surface area contributed by atoms with E-state index < -0.39 is 12.1 Å². The van der Waals surface area contributed by atoms with E-state index in [9.17, 15) is 9.59 Å². The Labute approximate surface area is 130 Å². The van der Waals surface area contributed by atoms with Gasteiger partial charge in [0, 0.05) is 12.5 Å². The number of morpholine rings is 1. The van der Waals surface area contributed by atoms with Crippen molar-refractivity contribution in [1.29, 1.82) is 0 Å². The summed E-state index contributed by atoms with van der Waals surface area (Å²) in [4.78, 5) is 26.1. The Morgan fingerprint density at radius 2 is 1.95 bits per heavy atom. The predicted octanol–water partition coefficient (Wildman–Crippen LogP) is 1.58. The highest BCUT2D eigenvalue weighted by Crippen LogP contribution is 2.48. The molecule has 0 unspecified atom stereocenters. The third-order valence-corrected chi connectivity index (χ3v) is 4.37. The van der Waals surface area contributed by atoms with Crippen LogP contribution in [0.15, 0.2) is 30.3 Å². The van der Waals surface area contributed by atoms with Gasteiger partial charge < -0.3 is 14.4 Å². The molecule has 3 rings (SSSR count). The Kier molecular flexibility index (Phi) is 4.16. The molecule has 1 aliphatic heterocycles. The molecule has 0 bridgehead atoms. The molecule has 2 fully saturated rings. The van der Waals surface area contributed by atoms with Crippen molar-refractivity contribution in [2.45, 2.75) is 31.5 Å². The summed E-state index contributed by atoms with van der Waals surface area (Å²) in [5, 5.41) is 0. The highest BCUT2D eigenvalue weighted by atomic mass is 16.6. The Morgan fingerprint density at radius 3 is 2.64 bits per heavy atom. The van der Waals surface area contributed by atoms with E-state index in [1.165, 1.54) is 12.7 Å². The van der Waals surface area contributed by atoms with Crippen LogP contribution in [0.1, 0.15) is 24.8 Å². The van der Waals surface area contributed by atoms with Gasteiger partial charge in [0.15, 0.2) is 6.10 Å². The average molecular weight is 303 g/mol. The largest absolute Gasteiger partial charge is 0.467 e. The van der Waals surface area contributed by atoms with Crippen molar-refractivity contribution in [3.8, 4) is 0 Å². The van der Waals surface area contributed by atoms with E-state index >= 15 is 0 Å². The summed E-state index contributed by atoms with van der Waals surface area (Å²) in [6.45, 7) is 2.69. The van der Waals surface area contributed by atoms with Gasteiger partial charge in [-0.1, -0.05) is 30.3 Å². The molecule has 0 radical (unpaired) electrons. The molecule has 1 amide bonds. The lowest BCUT2D eigenvalue weighted by atomic mass is 10.1. The molecular formula is C17H21NO4. The quantitative estimate of drug-likeness (QED) is 0.796. The molecule has 2 aliphatic rings. The highest BCUT2D eigenvalue weighted by Gasteiger charge is 2.47. The minimum atomic E-state index is -0.674. The van der Waals surface area contributed by atoms with Crippen molar-refractivity contribution in [1.82, 2.24) is 4.90 Å². The summed E-state index contributed by atoms with van der Waals surface area (Å²) in [6, 6.07) is 10.1. The monoisotopic (exact) mass is 303 g/mol. The number of carbonyl (C=O) groups excluding carboxylic acids is 2. The van der Waals surface area contributed by atoms with Gasteiger partial charge in [0.2, 0.25) is 5.91 Å². The number of ether oxygens (including phenoxy) is 2. The fraction of sp³-hybridized carbons (Fsp3) is 0.529. The van der Waals surface area contributed by atoms with Crippen LogP contribution in [0, 0.1) is 5.92 Å². The lowest BCUT2D eigenvalue weighted by Gasteiger charge is -2.35. The molecular weight excluding hydrogens is 282 g/mol. The highest BCUT2D eigenvalue weighted by molar-refractivity contribution is 5.84. The average Bonchev–Trinajstić information content (AvgIpc) is 3.34. The van der Waals surface area contributed by atoms with Crippen LogP contribution in [0.5, 0.6) is 0 Å². The summed E-state index contributed by atoms with van der Waals surface area (Å²) in [6.07, 6.45) is 0.0552. The zero-order valence-corrected chi connectivity index (χ0v) is 12.9. The van der Waals surface area contributed by atoms with Gasteiger partial charge in [0.05, 0.1) is 19.8 Å². The molecule has 118 valence electrons. The molecule has 1 aromatic carbocycles. The van der Waals surface area contributed by atoms with E-state index in [0.29, 0.717) is 12.5 Å². The number of rotatable bonds is 3. The maximum absolute atomic E-state index is 12.7. The minimum absolute atomic E-state index is 0.0333. The fourth-order valence-electron chi connectivity index (χ4n) is 3.16. The standard InChI is InChI=1S/C17H21NO4/c1-11-9-18(10-15(22-11)17(20)21-2)16(19)14-8-13(14)12-6-4-3-5-7-12/h3-7,11,13-15H,8-10H2,1-2H3/t11-,13+,14+,15-/m1/s1. The molecule has 0 N–H and O–H groups in total. The SMILES string of the molecule is COC(=O)[C@H]1CN(C(=O)[C@H]2C[C@H]2c2ccccc2)C[C@@H](C)O1. The molecule has 5 heteroatoms. The van der Waals surface area contributed by atoms with E-state index in [-0.39, 0.29) is 24.5 Å². The van der Waals surface area contributed by atoms with Crippen LogP contribution in [-0.4, -0.2) is 49.2 Å². The molecule has 0 spiro atoms. The van der Waals surface area contributed by atoms with Gasteiger partial charge in [-0.05, 0) is 24.8 Å². The van der Waals surface area contributed by atoms with E-state index in [0.717, 1.165) is 6.42 Å². The second-order valence-corrected chi connectivity index (χ2v) is 6.06. The van der Waals surface area contributed by atoms with Crippen LogP contribution in [0.4, 0.5) is 0 Å². The van der Waals surface area contributed by atoms with Crippen LogP contribution in [-0.2, 0) is 19.1 Å². The Morgan fingerprint density at radius 1 is 1.23 bits per heavy atom. The number of hydrogen-bond acceptors (Lipinski definition) is 4. The third kappa shape index (κ3) is 2.99. The van der Waals surface area contributed by atoms with Crippen molar-refractivity contribution in [2.75, 3.05) is 20.2 Å². The first-order chi connectivity index (χ1) is 10.6. The molecule has 5 nitrogen and oxygen atoms in total. The second-order valence-electron chi connectivity index (χ2n) is 6.06. The smallest absolute Gasteiger partial charge is 0.336 e. The van der Waals surface area contributed by atoms with Gasteiger partial charge in [-0.2, -0.15) is 0 Å². The first-order valence-electron chi connectivity index (χ1n) is 7.67. The van der Waals surface area contributed by atoms with Crippen LogP contribution < -0.4 is 0 Å². The summed E-state index contributed by atoms with van der Waals surface area (Å²) < 4.78 is 10.3. The molecule has 1 saturated carbocycles. The van der Waals surface area contributed by atoms with Crippen LogP contribution >= 0.6 is 0 Å². The molecule has 1 saturated heterocycles. The van der Waals surface area contributed by atoms with Crippen LogP contribution in [0.25, 0.3) is 0 Å². The number of nitrogens with zero attached hydrogens (tertiary/aromatic N) is 1. The fourth-order valence-corrected chi connectivity index (χ4v) is 3.16. The summed E-state index contributed by atoms with van der Waals surface area (Å²) >= 11 is 0. The molecule has 4 atom stereocenters. The van der Waals surface area contributed by atoms with Gasteiger partial charge in [0.1, 0.15) is 0 Å².